The lowest BCUT2D eigenvalue weighted by Gasteiger charge is -2.12. The minimum Gasteiger partial charge on any atom is -0.349 e. The van der Waals surface area contributed by atoms with Crippen LogP contribution in [0, 0.1) is 6.92 Å². The quantitative estimate of drug-likeness (QED) is 0.707. The van der Waals surface area contributed by atoms with Gasteiger partial charge in [-0.25, -0.2) is 0 Å². The molecular formula is C23H26N2O3. The van der Waals surface area contributed by atoms with Gasteiger partial charge in [0.25, 0.3) is 5.91 Å². The lowest BCUT2D eigenvalue weighted by molar-refractivity contribution is -0.116. The van der Waals surface area contributed by atoms with Crippen LogP contribution in [0.15, 0.2) is 48.5 Å². The van der Waals surface area contributed by atoms with Crippen LogP contribution in [0.2, 0.25) is 0 Å². The van der Waals surface area contributed by atoms with Gasteiger partial charge in [-0.1, -0.05) is 42.7 Å². The molecule has 2 N–H and O–H groups in total. The van der Waals surface area contributed by atoms with Crippen molar-refractivity contribution in [1.82, 2.24) is 5.32 Å². The molecule has 3 rings (SSSR count). The third-order valence-corrected chi connectivity index (χ3v) is 5.07. The number of rotatable bonds is 7. The number of carbonyl (C=O) groups excluding carboxylic acids is 3. The fourth-order valence-electron chi connectivity index (χ4n) is 3.38. The van der Waals surface area contributed by atoms with Gasteiger partial charge in [-0.05, 0) is 44.0 Å². The minimum absolute atomic E-state index is 0.0471. The van der Waals surface area contributed by atoms with Crippen molar-refractivity contribution in [2.24, 2.45) is 0 Å². The second-order valence-corrected chi connectivity index (χ2v) is 7.37. The molecule has 0 heterocycles. The van der Waals surface area contributed by atoms with E-state index in [9.17, 15) is 14.4 Å². The Bertz CT molecular complexity index is 835. The highest BCUT2D eigenvalue weighted by molar-refractivity contribution is 6.00. The van der Waals surface area contributed by atoms with E-state index in [2.05, 4.69) is 10.6 Å². The van der Waals surface area contributed by atoms with Crippen molar-refractivity contribution in [3.05, 3.63) is 65.2 Å². The van der Waals surface area contributed by atoms with Gasteiger partial charge in [-0.2, -0.15) is 0 Å². The number of amides is 2. The van der Waals surface area contributed by atoms with E-state index in [0.29, 0.717) is 16.8 Å². The molecule has 1 aliphatic carbocycles. The summed E-state index contributed by atoms with van der Waals surface area (Å²) in [7, 11) is 0. The van der Waals surface area contributed by atoms with Gasteiger partial charge < -0.3 is 10.6 Å². The molecule has 5 nitrogen and oxygen atoms in total. The third kappa shape index (κ3) is 5.52. The number of ketones is 1. The molecule has 1 aliphatic rings. The summed E-state index contributed by atoms with van der Waals surface area (Å²) in [6, 6.07) is 14.4. The lowest BCUT2D eigenvalue weighted by Crippen LogP contribution is -2.32. The van der Waals surface area contributed by atoms with E-state index < -0.39 is 0 Å². The summed E-state index contributed by atoms with van der Waals surface area (Å²) in [5.74, 6) is -0.342. The van der Waals surface area contributed by atoms with E-state index in [1.165, 1.54) is 12.8 Å². The van der Waals surface area contributed by atoms with Gasteiger partial charge >= 0.3 is 0 Å². The summed E-state index contributed by atoms with van der Waals surface area (Å²) >= 11 is 0. The van der Waals surface area contributed by atoms with E-state index in [-0.39, 0.29) is 36.5 Å². The highest BCUT2D eigenvalue weighted by atomic mass is 16.2. The van der Waals surface area contributed by atoms with Crippen molar-refractivity contribution in [1.29, 1.82) is 0 Å². The zero-order valence-corrected chi connectivity index (χ0v) is 16.2. The minimum atomic E-state index is -0.219. The number of hydrogen-bond donors (Lipinski definition) is 2. The molecule has 0 saturated heterocycles. The van der Waals surface area contributed by atoms with Crippen LogP contribution in [0.25, 0.3) is 0 Å². The third-order valence-electron chi connectivity index (χ3n) is 5.07. The first kappa shape index (κ1) is 19.8. The standard InChI is InChI=1S/C23H26N2O3/c1-16-6-8-17(9-7-16)21(26)14-15-22(27)24-20-12-10-18(11-13-20)23(28)25-19-4-2-3-5-19/h6-13,19H,2-5,14-15H2,1H3,(H,24,27)(H,25,28). The Morgan fingerprint density at radius 1 is 0.857 bits per heavy atom. The topological polar surface area (TPSA) is 75.3 Å². The fraction of sp³-hybridized carbons (Fsp3) is 0.348. The maximum atomic E-state index is 12.2. The SMILES string of the molecule is Cc1ccc(C(=O)CCC(=O)Nc2ccc(C(=O)NC3CCCC3)cc2)cc1. The molecule has 0 aromatic heterocycles. The molecule has 2 aromatic rings. The normalized spacial score (nSPS) is 13.9. The van der Waals surface area contributed by atoms with E-state index in [4.69, 9.17) is 0 Å². The first-order valence-electron chi connectivity index (χ1n) is 9.82. The summed E-state index contributed by atoms with van der Waals surface area (Å²) in [6.07, 6.45) is 4.71. The molecule has 1 fully saturated rings. The molecule has 0 bridgehead atoms. The zero-order valence-electron chi connectivity index (χ0n) is 16.2. The number of anilines is 1. The van der Waals surface area contributed by atoms with E-state index in [1.54, 1.807) is 36.4 Å². The number of hydrogen-bond acceptors (Lipinski definition) is 3. The van der Waals surface area contributed by atoms with Gasteiger partial charge in [0.2, 0.25) is 5.91 Å². The first-order valence-corrected chi connectivity index (χ1v) is 9.82. The van der Waals surface area contributed by atoms with E-state index in [1.807, 2.05) is 19.1 Å². The van der Waals surface area contributed by atoms with E-state index in [0.717, 1.165) is 18.4 Å². The van der Waals surface area contributed by atoms with Gasteiger partial charge in [0.05, 0.1) is 0 Å². The molecule has 0 unspecified atom stereocenters. The van der Waals surface area contributed by atoms with Crippen molar-refractivity contribution in [3.63, 3.8) is 0 Å². The number of aryl methyl sites for hydroxylation is 1. The van der Waals surface area contributed by atoms with Crippen LogP contribution in [0.5, 0.6) is 0 Å². The molecular weight excluding hydrogens is 352 g/mol. The van der Waals surface area contributed by atoms with Crippen LogP contribution < -0.4 is 10.6 Å². The number of nitrogens with one attached hydrogen (secondary N) is 2. The second-order valence-electron chi connectivity index (χ2n) is 7.37. The molecule has 0 aliphatic heterocycles. The van der Waals surface area contributed by atoms with Gasteiger partial charge in [0.1, 0.15) is 0 Å². The van der Waals surface area contributed by atoms with Gasteiger partial charge in [0, 0.05) is 35.7 Å². The highest BCUT2D eigenvalue weighted by Crippen LogP contribution is 2.18. The highest BCUT2D eigenvalue weighted by Gasteiger charge is 2.18. The summed E-state index contributed by atoms with van der Waals surface area (Å²) in [4.78, 5) is 36.5. The van der Waals surface area contributed by atoms with Crippen molar-refractivity contribution in [3.8, 4) is 0 Å². The van der Waals surface area contributed by atoms with Crippen LogP contribution in [0.4, 0.5) is 5.69 Å². The summed E-state index contributed by atoms with van der Waals surface area (Å²) in [5.41, 5.74) is 2.91. The van der Waals surface area contributed by atoms with E-state index >= 15 is 0 Å². The Morgan fingerprint density at radius 3 is 2.11 bits per heavy atom. The van der Waals surface area contributed by atoms with Crippen molar-refractivity contribution < 1.29 is 14.4 Å². The van der Waals surface area contributed by atoms with Crippen molar-refractivity contribution in [2.75, 3.05) is 5.32 Å². The Kier molecular flexibility index (Phi) is 6.58. The van der Waals surface area contributed by atoms with Gasteiger partial charge in [-0.15, -0.1) is 0 Å². The molecule has 2 amide bonds. The zero-order chi connectivity index (χ0) is 19.9. The Labute approximate surface area is 165 Å². The molecule has 1 saturated carbocycles. The van der Waals surface area contributed by atoms with Crippen LogP contribution in [0.3, 0.4) is 0 Å². The van der Waals surface area contributed by atoms with Gasteiger partial charge in [-0.3, -0.25) is 14.4 Å². The average Bonchev–Trinajstić information content (AvgIpc) is 3.20. The summed E-state index contributed by atoms with van der Waals surface area (Å²) < 4.78 is 0. The number of carbonyl (C=O) groups is 3. The average molecular weight is 378 g/mol. The number of benzene rings is 2. The predicted octanol–water partition coefficient (Wildman–Crippen LogP) is 4.27. The second kappa shape index (κ2) is 9.31. The Morgan fingerprint density at radius 2 is 1.46 bits per heavy atom. The molecule has 2 aromatic carbocycles. The molecule has 0 spiro atoms. The summed E-state index contributed by atoms with van der Waals surface area (Å²) in [6.45, 7) is 1.96. The van der Waals surface area contributed by atoms with Crippen LogP contribution in [-0.2, 0) is 4.79 Å². The molecule has 5 heteroatoms. The smallest absolute Gasteiger partial charge is 0.251 e. The monoisotopic (exact) mass is 378 g/mol. The van der Waals surface area contributed by atoms with Crippen LogP contribution >= 0.6 is 0 Å². The largest absolute Gasteiger partial charge is 0.349 e. The van der Waals surface area contributed by atoms with Crippen LogP contribution in [-0.4, -0.2) is 23.6 Å². The first-order chi connectivity index (χ1) is 13.5. The molecule has 146 valence electrons. The molecule has 0 atom stereocenters. The maximum absolute atomic E-state index is 12.2. The Hall–Kier alpha value is -2.95. The molecule has 0 radical (unpaired) electrons. The molecule has 28 heavy (non-hydrogen) atoms. The fourth-order valence-corrected chi connectivity index (χ4v) is 3.38. The van der Waals surface area contributed by atoms with Gasteiger partial charge in [0.15, 0.2) is 5.78 Å². The van der Waals surface area contributed by atoms with Crippen molar-refractivity contribution in [2.45, 2.75) is 51.5 Å². The predicted molar refractivity (Wildman–Crippen MR) is 110 cm³/mol. The van der Waals surface area contributed by atoms with Crippen molar-refractivity contribution >= 4 is 23.3 Å². The number of Topliss-reactive ketones (excluding diaryl/α,β-unsaturated/α-hetero) is 1. The summed E-state index contributed by atoms with van der Waals surface area (Å²) in [5, 5.41) is 5.82. The lowest BCUT2D eigenvalue weighted by atomic mass is 10.0. The van der Waals surface area contributed by atoms with Crippen LogP contribution in [0.1, 0.15) is 64.8 Å². The Balaban J connectivity index is 1.46. The maximum Gasteiger partial charge on any atom is 0.251 e.